The smallest absolute Gasteiger partial charge is 0.149 e. The molecule has 3 heteroatoms. The maximum Gasteiger partial charge on any atom is 0.149 e. The van der Waals surface area contributed by atoms with Crippen LogP contribution in [-0.4, -0.2) is 11.6 Å². The fourth-order valence-corrected chi connectivity index (χ4v) is 2.18. The Morgan fingerprint density at radius 1 is 1.00 bits per heavy atom. The van der Waals surface area contributed by atoms with E-state index >= 15 is 0 Å². The third-order valence-electron chi connectivity index (χ3n) is 2.99. The molecule has 0 amide bonds. The predicted molar refractivity (Wildman–Crippen MR) is 85.6 cm³/mol. The summed E-state index contributed by atoms with van der Waals surface area (Å²) >= 11 is 6.04. The third kappa shape index (κ3) is 3.16. The van der Waals surface area contributed by atoms with Crippen LogP contribution in [0.2, 0.25) is 5.02 Å². The van der Waals surface area contributed by atoms with Gasteiger partial charge in [0.05, 0.1) is 5.02 Å². The third-order valence-corrected chi connectivity index (χ3v) is 3.32. The molecule has 1 aromatic heterocycles. The highest BCUT2D eigenvalue weighted by molar-refractivity contribution is 6.31. The van der Waals surface area contributed by atoms with E-state index in [4.69, 9.17) is 16.3 Å². The summed E-state index contributed by atoms with van der Waals surface area (Å²) in [6.07, 6.45) is 1.75. The molecule has 0 aliphatic carbocycles. The summed E-state index contributed by atoms with van der Waals surface area (Å²) < 4.78 is 5.70. The topological polar surface area (TPSA) is 22.1 Å². The standard InChI is InChI=1S/C18H12ClNO/c19-16-10-2-1-6-14(16)9-5-13-21-17-11-3-7-15-8-4-12-20-18(15)17/h1-4,6-8,10-12H,13H2. The molecule has 2 aromatic carbocycles. The summed E-state index contributed by atoms with van der Waals surface area (Å²) in [5.74, 6) is 6.71. The Bertz CT molecular complexity index is 828. The molecule has 0 aliphatic heterocycles. The lowest BCUT2D eigenvalue weighted by molar-refractivity contribution is 0.374. The van der Waals surface area contributed by atoms with Crippen molar-refractivity contribution in [2.24, 2.45) is 0 Å². The van der Waals surface area contributed by atoms with Gasteiger partial charge >= 0.3 is 0 Å². The largest absolute Gasteiger partial charge is 0.479 e. The summed E-state index contributed by atoms with van der Waals surface area (Å²) in [5, 5.41) is 1.70. The zero-order valence-corrected chi connectivity index (χ0v) is 12.0. The molecular weight excluding hydrogens is 282 g/mol. The van der Waals surface area contributed by atoms with Crippen molar-refractivity contribution in [3.8, 4) is 17.6 Å². The van der Waals surface area contributed by atoms with E-state index in [1.807, 2.05) is 54.6 Å². The highest BCUT2D eigenvalue weighted by atomic mass is 35.5. The van der Waals surface area contributed by atoms with Gasteiger partial charge in [0.25, 0.3) is 0 Å². The van der Waals surface area contributed by atoms with Crippen LogP contribution >= 0.6 is 11.6 Å². The van der Waals surface area contributed by atoms with Gasteiger partial charge in [-0.15, -0.1) is 0 Å². The van der Waals surface area contributed by atoms with Crippen molar-refractivity contribution in [3.63, 3.8) is 0 Å². The molecule has 0 atom stereocenters. The van der Waals surface area contributed by atoms with Crippen LogP contribution in [0.15, 0.2) is 60.8 Å². The Labute approximate surface area is 128 Å². The number of fused-ring (bicyclic) bond motifs is 1. The van der Waals surface area contributed by atoms with Gasteiger partial charge < -0.3 is 4.74 Å². The first-order valence-electron chi connectivity index (χ1n) is 6.54. The van der Waals surface area contributed by atoms with Gasteiger partial charge in [0.2, 0.25) is 0 Å². The van der Waals surface area contributed by atoms with Crippen molar-refractivity contribution >= 4 is 22.5 Å². The van der Waals surface area contributed by atoms with Crippen molar-refractivity contribution in [3.05, 3.63) is 71.4 Å². The van der Waals surface area contributed by atoms with Crippen LogP contribution < -0.4 is 4.74 Å². The molecule has 21 heavy (non-hydrogen) atoms. The van der Waals surface area contributed by atoms with E-state index in [-0.39, 0.29) is 0 Å². The van der Waals surface area contributed by atoms with Crippen LogP contribution in [0.4, 0.5) is 0 Å². The molecule has 0 radical (unpaired) electrons. The van der Waals surface area contributed by atoms with E-state index in [0.717, 1.165) is 22.2 Å². The summed E-state index contributed by atoms with van der Waals surface area (Å²) in [4.78, 5) is 4.34. The maximum atomic E-state index is 6.04. The van der Waals surface area contributed by atoms with Crippen molar-refractivity contribution < 1.29 is 4.74 Å². The van der Waals surface area contributed by atoms with E-state index in [0.29, 0.717) is 11.6 Å². The summed E-state index contributed by atoms with van der Waals surface area (Å²) in [7, 11) is 0. The number of para-hydroxylation sites is 1. The Morgan fingerprint density at radius 3 is 2.76 bits per heavy atom. The van der Waals surface area contributed by atoms with Gasteiger partial charge in [-0.05, 0) is 24.3 Å². The van der Waals surface area contributed by atoms with E-state index < -0.39 is 0 Å². The van der Waals surface area contributed by atoms with Crippen LogP contribution in [0.3, 0.4) is 0 Å². The molecule has 3 rings (SSSR count). The van der Waals surface area contributed by atoms with Gasteiger partial charge in [-0.3, -0.25) is 4.98 Å². The van der Waals surface area contributed by atoms with Crippen LogP contribution in [0.25, 0.3) is 10.9 Å². The molecule has 0 bridgehead atoms. The van der Waals surface area contributed by atoms with Crippen molar-refractivity contribution in [2.45, 2.75) is 0 Å². The lowest BCUT2D eigenvalue weighted by Gasteiger charge is -2.05. The summed E-state index contributed by atoms with van der Waals surface area (Å²) in [6, 6.07) is 17.2. The molecular formula is C18H12ClNO. The van der Waals surface area contributed by atoms with Gasteiger partial charge in [0.1, 0.15) is 17.9 Å². The number of halogens is 1. The molecule has 0 spiro atoms. The second-order valence-electron chi connectivity index (χ2n) is 4.40. The van der Waals surface area contributed by atoms with Crippen molar-refractivity contribution in [2.75, 3.05) is 6.61 Å². The molecule has 2 nitrogen and oxygen atoms in total. The number of hydrogen-bond donors (Lipinski definition) is 0. The second kappa shape index (κ2) is 6.30. The molecule has 0 saturated carbocycles. The average Bonchev–Trinajstić information content (AvgIpc) is 2.53. The number of rotatable bonds is 2. The molecule has 0 unspecified atom stereocenters. The Morgan fingerprint density at radius 2 is 1.86 bits per heavy atom. The van der Waals surface area contributed by atoms with Crippen LogP contribution in [0.5, 0.6) is 5.75 Å². The molecule has 3 aromatic rings. The Balaban J connectivity index is 1.75. The van der Waals surface area contributed by atoms with Gasteiger partial charge in [-0.25, -0.2) is 0 Å². The van der Waals surface area contributed by atoms with Crippen LogP contribution in [-0.2, 0) is 0 Å². The highest BCUT2D eigenvalue weighted by Gasteiger charge is 2.01. The first-order chi connectivity index (χ1) is 10.3. The van der Waals surface area contributed by atoms with E-state index in [9.17, 15) is 0 Å². The summed E-state index contributed by atoms with van der Waals surface area (Å²) in [6.45, 7) is 0.293. The second-order valence-corrected chi connectivity index (χ2v) is 4.81. The van der Waals surface area contributed by atoms with E-state index in [1.54, 1.807) is 6.20 Å². The first kappa shape index (κ1) is 13.5. The summed E-state index contributed by atoms with van der Waals surface area (Å²) in [5.41, 5.74) is 1.65. The average molecular weight is 294 g/mol. The molecule has 0 fully saturated rings. The number of aromatic nitrogens is 1. The SMILES string of the molecule is Clc1ccccc1C#CCOc1cccc2cccnc12. The number of pyridine rings is 1. The Kier molecular flexibility index (Phi) is 4.04. The monoisotopic (exact) mass is 293 g/mol. The van der Waals surface area contributed by atoms with E-state index in [2.05, 4.69) is 16.8 Å². The quantitative estimate of drug-likeness (QED) is 0.657. The zero-order chi connectivity index (χ0) is 14.5. The zero-order valence-electron chi connectivity index (χ0n) is 11.2. The first-order valence-corrected chi connectivity index (χ1v) is 6.92. The fraction of sp³-hybridized carbons (Fsp3) is 0.0556. The van der Waals surface area contributed by atoms with Gasteiger partial charge in [-0.1, -0.05) is 53.8 Å². The molecule has 102 valence electrons. The lowest BCUT2D eigenvalue weighted by Crippen LogP contribution is -1.95. The van der Waals surface area contributed by atoms with Crippen molar-refractivity contribution in [1.82, 2.24) is 4.98 Å². The highest BCUT2D eigenvalue weighted by Crippen LogP contribution is 2.22. The van der Waals surface area contributed by atoms with Crippen LogP contribution in [0.1, 0.15) is 5.56 Å². The minimum absolute atomic E-state index is 0.293. The van der Waals surface area contributed by atoms with Crippen molar-refractivity contribution in [1.29, 1.82) is 0 Å². The van der Waals surface area contributed by atoms with E-state index in [1.165, 1.54) is 0 Å². The predicted octanol–water partition coefficient (Wildman–Crippen LogP) is 4.32. The van der Waals surface area contributed by atoms with Crippen LogP contribution in [0, 0.1) is 11.8 Å². The number of nitrogens with zero attached hydrogens (tertiary/aromatic N) is 1. The van der Waals surface area contributed by atoms with Gasteiger partial charge in [0.15, 0.2) is 0 Å². The minimum atomic E-state index is 0.293. The molecule has 0 aliphatic rings. The fourth-order valence-electron chi connectivity index (χ4n) is 2.00. The number of benzene rings is 2. The normalized spacial score (nSPS) is 9.95. The maximum absolute atomic E-state index is 6.04. The molecule has 0 N–H and O–H groups in total. The van der Waals surface area contributed by atoms with Gasteiger partial charge in [0, 0.05) is 17.1 Å². The van der Waals surface area contributed by atoms with Gasteiger partial charge in [-0.2, -0.15) is 0 Å². The Hall–Kier alpha value is -2.50. The lowest BCUT2D eigenvalue weighted by atomic mass is 10.2. The minimum Gasteiger partial charge on any atom is -0.479 e. The number of ether oxygens (including phenoxy) is 1. The molecule has 0 saturated heterocycles. The number of hydrogen-bond acceptors (Lipinski definition) is 2. The molecule has 1 heterocycles.